The molecule has 0 aliphatic carbocycles. The zero-order valence-electron chi connectivity index (χ0n) is 16.5. The van der Waals surface area contributed by atoms with Crippen molar-refractivity contribution < 1.29 is 8.63 Å². The van der Waals surface area contributed by atoms with Gasteiger partial charge in [-0.05, 0) is 42.8 Å². The third kappa shape index (κ3) is 5.46. The molecule has 3 nitrogen and oxygen atoms in total. The van der Waals surface area contributed by atoms with E-state index in [1.807, 2.05) is 61.5 Å². The molecule has 0 aliphatic heterocycles. The number of rotatable bonds is 6. The van der Waals surface area contributed by atoms with Gasteiger partial charge in [-0.1, -0.05) is 68.8 Å². The highest BCUT2D eigenvalue weighted by Crippen LogP contribution is 2.39. The van der Waals surface area contributed by atoms with Gasteiger partial charge >= 0.3 is 0 Å². The van der Waals surface area contributed by atoms with Crippen LogP contribution in [0.2, 0.25) is 18.1 Å². The maximum atomic E-state index is 12.5. The molecule has 0 fully saturated rings. The number of hydrogen-bond acceptors (Lipinski definition) is 2. The van der Waals surface area contributed by atoms with Gasteiger partial charge in [-0.15, -0.1) is 0 Å². The van der Waals surface area contributed by atoms with Crippen LogP contribution in [0.1, 0.15) is 38.0 Å². The van der Waals surface area contributed by atoms with E-state index in [0.29, 0.717) is 4.90 Å². The second kappa shape index (κ2) is 8.42. The fourth-order valence-electron chi connectivity index (χ4n) is 2.15. The van der Waals surface area contributed by atoms with Crippen LogP contribution in [0.15, 0.2) is 63.9 Å². The lowest BCUT2D eigenvalue weighted by atomic mass is 10.1. The minimum Gasteiger partial charge on any atom is -0.405 e. The summed E-state index contributed by atoms with van der Waals surface area (Å²) in [6.07, 6.45) is 1.40. The van der Waals surface area contributed by atoms with Crippen LogP contribution < -0.4 is 0 Å². The molecule has 0 radical (unpaired) electrons. The first-order chi connectivity index (χ1) is 12.1. The van der Waals surface area contributed by atoms with E-state index in [4.69, 9.17) is 4.43 Å². The molecule has 0 aliphatic rings. The lowest BCUT2D eigenvalue weighted by Crippen LogP contribution is -2.42. The molecule has 2 aromatic rings. The van der Waals surface area contributed by atoms with Gasteiger partial charge in [0, 0.05) is 6.21 Å². The summed E-state index contributed by atoms with van der Waals surface area (Å²) < 4.78 is 23.4. The van der Waals surface area contributed by atoms with Crippen LogP contribution in [0, 0.1) is 6.92 Å². The monoisotopic (exact) mass is 387 g/mol. The van der Waals surface area contributed by atoms with Crippen molar-refractivity contribution in [2.75, 3.05) is 0 Å². The molecule has 5 heteroatoms. The van der Waals surface area contributed by atoms with Crippen molar-refractivity contribution in [1.29, 1.82) is 0 Å². The van der Waals surface area contributed by atoms with Gasteiger partial charge in [-0.2, -0.15) is 4.40 Å². The summed E-state index contributed by atoms with van der Waals surface area (Å²) in [5, 5.41) is 0.0873. The maximum Gasteiger partial charge on any atom is 0.193 e. The Balaban J connectivity index is 2.27. The molecule has 2 aromatic carbocycles. The van der Waals surface area contributed by atoms with Crippen LogP contribution in [0.5, 0.6) is 0 Å². The van der Waals surface area contributed by atoms with E-state index >= 15 is 0 Å². The van der Waals surface area contributed by atoms with Crippen molar-refractivity contribution in [3.63, 3.8) is 0 Å². The minimum absolute atomic E-state index is 0.0873. The van der Waals surface area contributed by atoms with E-state index in [-0.39, 0.29) is 11.1 Å². The Labute approximate surface area is 161 Å². The second-order valence-electron chi connectivity index (χ2n) is 8.03. The molecule has 2 rings (SSSR count). The molecule has 0 heterocycles. The van der Waals surface area contributed by atoms with E-state index in [1.54, 1.807) is 6.21 Å². The van der Waals surface area contributed by atoms with E-state index in [9.17, 15) is 4.21 Å². The average molecular weight is 388 g/mol. The second-order valence-corrected chi connectivity index (χ2v) is 14.0. The first-order valence-corrected chi connectivity index (χ1v) is 12.9. The SMILES string of the molecule is Cc1ccc(S(=O)/N=C/[C@H](O[Si](C)(C)C(C)(C)C)c2ccccc2)cc1. The molecular formula is C21H29NO2SSi. The van der Waals surface area contributed by atoms with Crippen molar-refractivity contribution in [1.82, 2.24) is 0 Å². The summed E-state index contributed by atoms with van der Waals surface area (Å²) in [4.78, 5) is 0.700. The van der Waals surface area contributed by atoms with E-state index in [0.717, 1.165) is 11.1 Å². The number of aryl methyl sites for hydroxylation is 1. The molecule has 140 valence electrons. The Hall–Kier alpha value is -1.56. The molecule has 0 saturated heterocycles. The lowest BCUT2D eigenvalue weighted by Gasteiger charge is -2.38. The minimum atomic E-state index is -2.00. The van der Waals surface area contributed by atoms with Crippen LogP contribution in [-0.2, 0) is 15.4 Å². The molecule has 1 unspecified atom stereocenters. The Bertz CT molecular complexity index is 765. The Morgan fingerprint density at radius 2 is 1.62 bits per heavy atom. The molecule has 0 bridgehead atoms. The van der Waals surface area contributed by atoms with Crippen LogP contribution >= 0.6 is 0 Å². The highest BCUT2D eigenvalue weighted by atomic mass is 32.2. The molecule has 0 saturated carbocycles. The van der Waals surface area contributed by atoms with Gasteiger partial charge in [0.1, 0.15) is 6.10 Å². The normalized spacial score (nSPS) is 15.2. The first kappa shape index (κ1) is 20.7. The van der Waals surface area contributed by atoms with Crippen LogP contribution in [-0.4, -0.2) is 18.7 Å². The van der Waals surface area contributed by atoms with Crippen molar-refractivity contribution in [3.8, 4) is 0 Å². The zero-order chi connectivity index (χ0) is 19.4. The smallest absolute Gasteiger partial charge is 0.193 e. The molecule has 0 amide bonds. The molecule has 0 spiro atoms. The van der Waals surface area contributed by atoms with E-state index in [2.05, 4.69) is 38.3 Å². The number of nitrogens with zero attached hydrogens (tertiary/aromatic N) is 1. The molecule has 2 atom stereocenters. The zero-order valence-corrected chi connectivity index (χ0v) is 18.3. The third-order valence-corrected chi connectivity index (χ3v) is 10.3. The Morgan fingerprint density at radius 3 is 2.15 bits per heavy atom. The summed E-state index contributed by atoms with van der Waals surface area (Å²) >= 11 is 0. The van der Waals surface area contributed by atoms with Gasteiger partial charge in [0.2, 0.25) is 0 Å². The van der Waals surface area contributed by atoms with Gasteiger partial charge in [-0.3, -0.25) is 0 Å². The van der Waals surface area contributed by atoms with Gasteiger partial charge < -0.3 is 4.43 Å². The summed E-state index contributed by atoms with van der Waals surface area (Å²) in [5.74, 6) is 0. The van der Waals surface area contributed by atoms with Gasteiger partial charge in [0.25, 0.3) is 0 Å². The van der Waals surface area contributed by atoms with Crippen molar-refractivity contribution in [2.24, 2.45) is 4.40 Å². The largest absolute Gasteiger partial charge is 0.405 e. The van der Waals surface area contributed by atoms with Crippen molar-refractivity contribution in [3.05, 3.63) is 65.7 Å². The van der Waals surface area contributed by atoms with Crippen LogP contribution in [0.4, 0.5) is 0 Å². The molecule has 0 aromatic heterocycles. The third-order valence-electron chi connectivity index (χ3n) is 4.87. The van der Waals surface area contributed by atoms with E-state index < -0.39 is 19.3 Å². The average Bonchev–Trinajstić information content (AvgIpc) is 2.58. The lowest BCUT2D eigenvalue weighted by molar-refractivity contribution is 0.251. The van der Waals surface area contributed by atoms with Crippen LogP contribution in [0.3, 0.4) is 0 Å². The Morgan fingerprint density at radius 1 is 1.04 bits per heavy atom. The summed E-state index contributed by atoms with van der Waals surface area (Å²) in [6, 6.07) is 17.6. The predicted octanol–water partition coefficient (Wildman–Crippen LogP) is 5.85. The highest BCUT2D eigenvalue weighted by Gasteiger charge is 2.39. The summed E-state index contributed by atoms with van der Waals surface area (Å²) in [7, 11) is -3.43. The number of hydrogen-bond donors (Lipinski definition) is 0. The van der Waals surface area contributed by atoms with Gasteiger partial charge in [0.15, 0.2) is 19.3 Å². The van der Waals surface area contributed by atoms with Crippen molar-refractivity contribution >= 4 is 25.5 Å². The first-order valence-electron chi connectivity index (χ1n) is 8.86. The molecule has 0 N–H and O–H groups in total. The van der Waals surface area contributed by atoms with Crippen LogP contribution in [0.25, 0.3) is 0 Å². The quantitative estimate of drug-likeness (QED) is 0.460. The Kier molecular flexibility index (Phi) is 6.72. The molecule has 26 heavy (non-hydrogen) atoms. The van der Waals surface area contributed by atoms with Gasteiger partial charge in [-0.25, -0.2) is 4.21 Å². The fourth-order valence-corrected chi connectivity index (χ4v) is 4.04. The predicted molar refractivity (Wildman–Crippen MR) is 114 cm³/mol. The summed E-state index contributed by atoms with van der Waals surface area (Å²) in [5.41, 5.74) is 2.17. The number of benzene rings is 2. The summed E-state index contributed by atoms with van der Waals surface area (Å²) in [6.45, 7) is 13.1. The van der Waals surface area contributed by atoms with E-state index in [1.165, 1.54) is 0 Å². The molecular weight excluding hydrogens is 358 g/mol. The standard InChI is InChI=1S/C21H29NO2SSi/c1-17-12-14-19(15-13-17)25(23)22-16-20(18-10-8-7-9-11-18)24-26(5,6)21(2,3)4/h7-16,20H,1-6H3/b22-16+/t20-,25?/m0/s1. The van der Waals surface area contributed by atoms with Crippen molar-refractivity contribution in [2.45, 2.75) is 56.8 Å². The topological polar surface area (TPSA) is 38.7 Å². The maximum absolute atomic E-state index is 12.5. The van der Waals surface area contributed by atoms with Gasteiger partial charge in [0.05, 0.1) is 4.90 Å². The fraction of sp³-hybridized carbons (Fsp3) is 0.381. The highest BCUT2D eigenvalue weighted by molar-refractivity contribution is 7.83.